The molecule has 1 amide bonds. The molecule has 8 rings (SSSR count). The number of halogens is 4. The zero-order valence-corrected chi connectivity index (χ0v) is 27.6. The number of aromatic nitrogens is 8. The number of rotatable bonds is 3. The van der Waals surface area contributed by atoms with Gasteiger partial charge in [0.1, 0.15) is 41.1 Å². The van der Waals surface area contributed by atoms with Crippen LogP contribution in [0, 0.1) is 24.4 Å². The zero-order chi connectivity index (χ0) is 34.8. The predicted octanol–water partition coefficient (Wildman–Crippen LogP) is 4.51. The number of fused-ring (bicyclic) bond motifs is 6. The van der Waals surface area contributed by atoms with E-state index in [1.165, 1.54) is 35.3 Å². The molecule has 1 saturated heterocycles. The van der Waals surface area contributed by atoms with E-state index < -0.39 is 35.7 Å². The Bertz CT molecular complexity index is 2320. The predicted molar refractivity (Wildman–Crippen MR) is 176 cm³/mol. The lowest BCUT2D eigenvalue weighted by atomic mass is 10.1. The minimum absolute atomic E-state index is 0.0317. The molecule has 2 aliphatic rings. The summed E-state index contributed by atoms with van der Waals surface area (Å²) >= 11 is 6.43. The Morgan fingerprint density at radius 1 is 1.00 bits per heavy atom. The van der Waals surface area contributed by atoms with E-state index in [1.54, 1.807) is 30.0 Å². The number of anilines is 1. The molecule has 6 heterocycles. The van der Waals surface area contributed by atoms with Gasteiger partial charge in [0.05, 0.1) is 47.5 Å². The van der Waals surface area contributed by atoms with Gasteiger partial charge in [-0.1, -0.05) is 0 Å². The van der Waals surface area contributed by atoms with E-state index in [4.69, 9.17) is 21.1 Å². The summed E-state index contributed by atoms with van der Waals surface area (Å²) in [4.78, 5) is 40.0. The first-order chi connectivity index (χ1) is 24.1. The van der Waals surface area contributed by atoms with E-state index in [0.717, 1.165) is 12.1 Å². The largest absolute Gasteiger partial charge is 0.458 e. The second kappa shape index (κ2) is 12.2. The van der Waals surface area contributed by atoms with Crippen molar-refractivity contribution in [3.8, 4) is 23.0 Å². The Hall–Kier alpha value is -5.35. The van der Waals surface area contributed by atoms with Gasteiger partial charge in [0, 0.05) is 51.0 Å². The highest BCUT2D eigenvalue weighted by atomic mass is 35.5. The second-order valence-electron chi connectivity index (χ2n) is 12.2. The van der Waals surface area contributed by atoms with Crippen LogP contribution in [0.4, 0.5) is 19.0 Å². The normalized spacial score (nSPS) is 19.6. The molecule has 13 nitrogen and oxygen atoms in total. The number of methoxy groups -OCH3 is 1. The van der Waals surface area contributed by atoms with E-state index in [2.05, 4.69) is 30.0 Å². The van der Waals surface area contributed by atoms with E-state index >= 15 is 0 Å². The molecule has 50 heavy (non-hydrogen) atoms. The summed E-state index contributed by atoms with van der Waals surface area (Å²) in [5.74, 6) is -1.42. The van der Waals surface area contributed by atoms with Crippen molar-refractivity contribution < 1.29 is 27.4 Å². The van der Waals surface area contributed by atoms with Crippen LogP contribution in [0.1, 0.15) is 12.2 Å². The van der Waals surface area contributed by atoms with E-state index in [-0.39, 0.29) is 53.9 Å². The molecule has 0 N–H and O–H groups in total. The first-order valence-electron chi connectivity index (χ1n) is 15.7. The molecule has 2 aromatic carbocycles. The van der Waals surface area contributed by atoms with Crippen LogP contribution in [0.25, 0.3) is 39.0 Å². The minimum Gasteiger partial charge on any atom is -0.458 e. The van der Waals surface area contributed by atoms with Gasteiger partial charge in [-0.25, -0.2) is 27.8 Å². The fourth-order valence-electron chi connectivity index (χ4n) is 6.79. The number of hydrogen-bond donors (Lipinski definition) is 0. The molecular formula is C33H28ClF3N10O3. The molecule has 3 atom stereocenters. The maximum atomic E-state index is 14.9. The number of likely N-dealkylation sites (N-methyl/N-ethyl adjacent to an activating group) is 1. The molecule has 0 radical (unpaired) electrons. The van der Waals surface area contributed by atoms with Gasteiger partial charge in [-0.15, -0.1) is 0 Å². The first kappa shape index (κ1) is 31.9. The first-order valence-corrected chi connectivity index (χ1v) is 16.0. The number of carbonyl (C=O) groups is 1. The highest BCUT2D eigenvalue weighted by molar-refractivity contribution is 6.28. The van der Waals surface area contributed by atoms with Crippen molar-refractivity contribution in [2.45, 2.75) is 38.1 Å². The van der Waals surface area contributed by atoms with Crippen LogP contribution in [0.15, 0.2) is 48.8 Å². The van der Waals surface area contributed by atoms with Crippen molar-refractivity contribution in [2.24, 2.45) is 0 Å². The Labute approximate surface area is 287 Å². The van der Waals surface area contributed by atoms with Crippen LogP contribution in [0.2, 0.25) is 5.28 Å². The van der Waals surface area contributed by atoms with Gasteiger partial charge in [0.25, 0.3) is 0 Å². The summed E-state index contributed by atoms with van der Waals surface area (Å²) in [6.07, 6.45) is 2.09. The summed E-state index contributed by atoms with van der Waals surface area (Å²) in [5, 5.41) is 4.52. The standard InChI is InChI=1S/C33H28ClF3N10O3/c1-16-40-25-10-18(36)8-21-24-6-7-38-33(41-24)50-19-11-27(31(48)44(2)13-20(49-3)15-45(16)28(21)25)46(14-19)29-22-12-39-47(30(22)43-32(34)42-29)26-5-4-17(35)9-23(26)37/h4-10,12,19-20,27H,11,13-15H2,1-3H3/t19?,20-,27-/m0/s1. The van der Waals surface area contributed by atoms with Gasteiger partial charge in [-0.05, 0) is 42.8 Å². The highest BCUT2D eigenvalue weighted by Crippen LogP contribution is 2.36. The number of aryl methyl sites for hydroxylation is 1. The lowest BCUT2D eigenvalue weighted by molar-refractivity contribution is -0.133. The molecule has 1 unspecified atom stereocenters. The summed E-state index contributed by atoms with van der Waals surface area (Å²) in [5.41, 5.74) is 2.15. The number of amides is 1. The SMILES string of the molecule is CO[C@H]1CN(C)C(=O)[C@@H]2CC(CN2c2nc(Cl)nc3c2cnn3-c2ccc(F)cc2F)Oc2nccc(n2)-c2cc(F)cc3nc(C)n(c23)C1. The van der Waals surface area contributed by atoms with Crippen molar-refractivity contribution in [1.29, 1.82) is 0 Å². The molecule has 6 aromatic rings. The maximum Gasteiger partial charge on any atom is 0.317 e. The van der Waals surface area contributed by atoms with Gasteiger partial charge in [-0.3, -0.25) is 4.79 Å². The van der Waals surface area contributed by atoms with Gasteiger partial charge < -0.3 is 23.8 Å². The average Bonchev–Trinajstić information content (AvgIpc) is 3.78. The lowest BCUT2D eigenvalue weighted by Gasteiger charge is -2.30. The van der Waals surface area contributed by atoms with Crippen LogP contribution in [-0.2, 0) is 16.1 Å². The third-order valence-electron chi connectivity index (χ3n) is 9.09. The monoisotopic (exact) mass is 704 g/mol. The van der Waals surface area contributed by atoms with Gasteiger partial charge in [0.2, 0.25) is 11.2 Å². The highest BCUT2D eigenvalue weighted by Gasteiger charge is 2.42. The van der Waals surface area contributed by atoms with E-state index in [9.17, 15) is 18.0 Å². The Balaban J connectivity index is 1.24. The summed E-state index contributed by atoms with van der Waals surface area (Å²) in [6.45, 7) is 2.49. The molecule has 17 heteroatoms. The Kier molecular flexibility index (Phi) is 7.79. The van der Waals surface area contributed by atoms with Gasteiger partial charge in [-0.2, -0.15) is 20.1 Å². The number of hydrogen-bond acceptors (Lipinski definition) is 10. The van der Waals surface area contributed by atoms with Crippen molar-refractivity contribution >= 4 is 45.4 Å². The molecule has 0 aliphatic carbocycles. The molecular weight excluding hydrogens is 677 g/mol. The second-order valence-corrected chi connectivity index (χ2v) is 12.6. The smallest absolute Gasteiger partial charge is 0.317 e. The Morgan fingerprint density at radius 3 is 2.64 bits per heavy atom. The van der Waals surface area contributed by atoms with Crippen molar-refractivity contribution in [3.63, 3.8) is 0 Å². The topological polar surface area (TPSA) is 129 Å². The van der Waals surface area contributed by atoms with Gasteiger partial charge in [0.15, 0.2) is 11.5 Å². The van der Waals surface area contributed by atoms with Crippen molar-refractivity contribution in [1.82, 2.24) is 44.2 Å². The molecule has 4 aromatic heterocycles. The van der Waals surface area contributed by atoms with Crippen molar-refractivity contribution in [3.05, 3.63) is 77.4 Å². The van der Waals surface area contributed by atoms with E-state index in [0.29, 0.717) is 40.0 Å². The van der Waals surface area contributed by atoms with Crippen LogP contribution in [0.3, 0.4) is 0 Å². The maximum absolute atomic E-state index is 14.9. The third-order valence-corrected chi connectivity index (χ3v) is 9.26. The molecule has 4 bridgehead atoms. The fraction of sp³-hybridized carbons (Fsp3) is 0.303. The van der Waals surface area contributed by atoms with Gasteiger partial charge >= 0.3 is 6.01 Å². The quantitative estimate of drug-likeness (QED) is 0.243. The molecule has 0 saturated carbocycles. The molecule has 1 fully saturated rings. The number of carbonyl (C=O) groups excluding carboxylic acids is 1. The van der Waals surface area contributed by atoms with Crippen LogP contribution < -0.4 is 9.64 Å². The molecule has 0 spiro atoms. The summed E-state index contributed by atoms with van der Waals surface area (Å²) in [6, 6.07) is 6.77. The molecule has 2 aliphatic heterocycles. The fourth-order valence-corrected chi connectivity index (χ4v) is 6.95. The summed E-state index contributed by atoms with van der Waals surface area (Å²) < 4.78 is 58.8. The summed E-state index contributed by atoms with van der Waals surface area (Å²) in [7, 11) is 3.25. The number of nitrogens with zero attached hydrogens (tertiary/aromatic N) is 10. The van der Waals surface area contributed by atoms with Crippen molar-refractivity contribution in [2.75, 3.05) is 32.1 Å². The lowest BCUT2D eigenvalue weighted by Crippen LogP contribution is -2.47. The third kappa shape index (κ3) is 5.44. The average molecular weight is 705 g/mol. The van der Waals surface area contributed by atoms with Crippen LogP contribution in [-0.4, -0.2) is 95.6 Å². The minimum atomic E-state index is -0.851. The number of benzene rings is 2. The van der Waals surface area contributed by atoms with Crippen LogP contribution >= 0.6 is 11.6 Å². The number of imidazole rings is 1. The van der Waals surface area contributed by atoms with Crippen LogP contribution in [0.5, 0.6) is 6.01 Å². The molecule has 256 valence electrons. The Morgan fingerprint density at radius 2 is 1.84 bits per heavy atom. The number of ether oxygens (including phenoxy) is 2. The van der Waals surface area contributed by atoms with E-state index in [1.807, 2.05) is 11.5 Å². The zero-order valence-electron chi connectivity index (χ0n) is 26.9.